The first-order valence-electron chi connectivity index (χ1n) is 6.64. The van der Waals surface area contributed by atoms with Gasteiger partial charge in [-0.25, -0.2) is 9.18 Å². The summed E-state index contributed by atoms with van der Waals surface area (Å²) >= 11 is 0. The minimum Gasteiger partial charge on any atom is -0.482 e. The Bertz CT molecular complexity index is 481. The maximum absolute atomic E-state index is 13.9. The van der Waals surface area contributed by atoms with Crippen molar-refractivity contribution < 1.29 is 18.7 Å². The fraction of sp³-hybridized carbons (Fsp3) is 0.562. The van der Waals surface area contributed by atoms with Crippen LogP contribution in [-0.4, -0.2) is 18.2 Å². The summed E-state index contributed by atoms with van der Waals surface area (Å²) in [4.78, 5) is 11.5. The molecule has 0 aromatic heterocycles. The molecular formula is C16H23FO3. The highest BCUT2D eigenvalue weighted by atomic mass is 19.1. The van der Waals surface area contributed by atoms with Crippen LogP contribution in [0.4, 0.5) is 4.39 Å². The van der Waals surface area contributed by atoms with Crippen LogP contribution in [0.1, 0.15) is 47.1 Å². The Hall–Kier alpha value is -1.58. The lowest BCUT2D eigenvalue weighted by Gasteiger charge is -2.21. The molecule has 0 saturated heterocycles. The van der Waals surface area contributed by atoms with E-state index < -0.39 is 11.6 Å². The largest absolute Gasteiger partial charge is 0.482 e. The molecule has 1 aromatic rings. The van der Waals surface area contributed by atoms with Crippen molar-refractivity contribution in [2.75, 3.05) is 6.61 Å². The molecule has 0 aliphatic rings. The highest BCUT2D eigenvalue weighted by Gasteiger charge is 2.20. The quantitative estimate of drug-likeness (QED) is 0.790. The number of carbonyl (C=O) groups is 1. The highest BCUT2D eigenvalue weighted by molar-refractivity contribution is 5.71. The standard InChI is InChI=1S/C16H23FO3/c1-15(2,3)12-8-7-11(9-13(12)17)19-10-14(18)20-16(4,5)6/h7-9H,10H2,1-6H3. The molecule has 0 amide bonds. The zero-order chi connectivity index (χ0) is 15.6. The van der Waals surface area contributed by atoms with Crippen molar-refractivity contribution in [3.8, 4) is 5.75 Å². The van der Waals surface area contributed by atoms with Gasteiger partial charge in [-0.1, -0.05) is 26.8 Å². The predicted molar refractivity (Wildman–Crippen MR) is 76.4 cm³/mol. The Balaban J connectivity index is 2.67. The van der Waals surface area contributed by atoms with Crippen LogP contribution in [0.2, 0.25) is 0 Å². The summed E-state index contributed by atoms with van der Waals surface area (Å²) in [6, 6.07) is 4.64. The molecule has 0 heterocycles. The summed E-state index contributed by atoms with van der Waals surface area (Å²) in [5, 5.41) is 0. The molecule has 3 nitrogen and oxygen atoms in total. The van der Waals surface area contributed by atoms with Gasteiger partial charge in [0.2, 0.25) is 0 Å². The lowest BCUT2D eigenvalue weighted by Crippen LogP contribution is -2.27. The number of rotatable bonds is 3. The van der Waals surface area contributed by atoms with E-state index in [0.29, 0.717) is 11.3 Å². The van der Waals surface area contributed by atoms with Gasteiger partial charge in [0.05, 0.1) is 0 Å². The van der Waals surface area contributed by atoms with E-state index in [1.54, 1.807) is 32.9 Å². The van der Waals surface area contributed by atoms with Crippen molar-refractivity contribution in [1.82, 2.24) is 0 Å². The van der Waals surface area contributed by atoms with E-state index in [2.05, 4.69) is 0 Å². The zero-order valence-corrected chi connectivity index (χ0v) is 13.0. The number of halogens is 1. The smallest absolute Gasteiger partial charge is 0.344 e. The number of carbonyl (C=O) groups excluding carboxylic acids is 1. The van der Waals surface area contributed by atoms with Crippen molar-refractivity contribution in [2.24, 2.45) is 0 Å². The molecule has 0 fully saturated rings. The average Bonchev–Trinajstić information content (AvgIpc) is 2.22. The second-order valence-electron chi connectivity index (χ2n) is 6.77. The predicted octanol–water partition coefficient (Wildman–Crippen LogP) is 3.84. The van der Waals surface area contributed by atoms with Gasteiger partial charge in [0.1, 0.15) is 17.2 Å². The first-order valence-corrected chi connectivity index (χ1v) is 6.64. The van der Waals surface area contributed by atoms with Crippen molar-refractivity contribution in [2.45, 2.75) is 52.6 Å². The number of hydrogen-bond acceptors (Lipinski definition) is 3. The molecule has 0 radical (unpaired) electrons. The van der Waals surface area contributed by atoms with Gasteiger partial charge in [-0.3, -0.25) is 0 Å². The van der Waals surface area contributed by atoms with Crippen LogP contribution in [0.25, 0.3) is 0 Å². The molecule has 1 aromatic carbocycles. The molecule has 0 aliphatic carbocycles. The second-order valence-corrected chi connectivity index (χ2v) is 6.77. The van der Waals surface area contributed by atoms with Crippen LogP contribution in [0.15, 0.2) is 18.2 Å². The van der Waals surface area contributed by atoms with Crippen LogP contribution in [0.5, 0.6) is 5.75 Å². The van der Waals surface area contributed by atoms with E-state index in [9.17, 15) is 9.18 Å². The van der Waals surface area contributed by atoms with Crippen molar-refractivity contribution in [1.29, 1.82) is 0 Å². The normalized spacial score (nSPS) is 12.2. The van der Waals surface area contributed by atoms with Crippen LogP contribution in [0, 0.1) is 5.82 Å². The van der Waals surface area contributed by atoms with E-state index in [0.717, 1.165) is 0 Å². The Morgan fingerprint density at radius 3 is 2.20 bits per heavy atom. The van der Waals surface area contributed by atoms with E-state index in [1.165, 1.54) is 6.07 Å². The lowest BCUT2D eigenvalue weighted by molar-refractivity contribution is -0.157. The Kier molecular flexibility index (Phi) is 4.79. The molecule has 1 rings (SSSR count). The van der Waals surface area contributed by atoms with E-state index in [-0.39, 0.29) is 17.8 Å². The molecular weight excluding hydrogens is 259 g/mol. The van der Waals surface area contributed by atoms with Crippen molar-refractivity contribution in [3.05, 3.63) is 29.6 Å². The maximum Gasteiger partial charge on any atom is 0.344 e. The fourth-order valence-corrected chi connectivity index (χ4v) is 1.71. The van der Waals surface area contributed by atoms with Gasteiger partial charge in [0.15, 0.2) is 6.61 Å². The minimum absolute atomic E-state index is 0.231. The third-order valence-electron chi connectivity index (χ3n) is 2.53. The van der Waals surface area contributed by atoms with Crippen molar-refractivity contribution >= 4 is 5.97 Å². The average molecular weight is 282 g/mol. The fourth-order valence-electron chi connectivity index (χ4n) is 1.71. The Labute approximate surface area is 120 Å². The number of ether oxygens (including phenoxy) is 2. The molecule has 0 saturated carbocycles. The van der Waals surface area contributed by atoms with Gasteiger partial charge in [-0.15, -0.1) is 0 Å². The summed E-state index contributed by atoms with van der Waals surface area (Å²) in [5.41, 5.74) is -0.211. The lowest BCUT2D eigenvalue weighted by atomic mass is 9.87. The molecule has 0 unspecified atom stereocenters. The third-order valence-corrected chi connectivity index (χ3v) is 2.53. The first-order chi connectivity index (χ1) is 8.99. The van der Waals surface area contributed by atoms with Gasteiger partial charge in [0.25, 0.3) is 0 Å². The van der Waals surface area contributed by atoms with Crippen LogP contribution < -0.4 is 4.74 Å². The monoisotopic (exact) mass is 282 g/mol. The summed E-state index contributed by atoms with van der Waals surface area (Å²) < 4.78 is 24.3. The Morgan fingerprint density at radius 2 is 1.75 bits per heavy atom. The van der Waals surface area contributed by atoms with E-state index in [1.807, 2.05) is 20.8 Å². The molecule has 0 N–H and O–H groups in total. The summed E-state index contributed by atoms with van der Waals surface area (Å²) in [5.74, 6) is -0.488. The zero-order valence-electron chi connectivity index (χ0n) is 13.0. The molecule has 112 valence electrons. The van der Waals surface area contributed by atoms with Gasteiger partial charge >= 0.3 is 5.97 Å². The molecule has 0 atom stereocenters. The Morgan fingerprint density at radius 1 is 1.15 bits per heavy atom. The second kappa shape index (κ2) is 5.81. The minimum atomic E-state index is -0.554. The summed E-state index contributed by atoms with van der Waals surface area (Å²) in [7, 11) is 0. The molecule has 4 heteroatoms. The van der Waals surface area contributed by atoms with Gasteiger partial charge in [0, 0.05) is 6.07 Å². The maximum atomic E-state index is 13.9. The molecule has 0 spiro atoms. The van der Waals surface area contributed by atoms with Crippen LogP contribution in [-0.2, 0) is 14.9 Å². The van der Waals surface area contributed by atoms with Crippen LogP contribution in [0.3, 0.4) is 0 Å². The summed E-state index contributed by atoms with van der Waals surface area (Å²) in [6.07, 6.45) is 0. The first kappa shape index (κ1) is 16.5. The SMILES string of the molecule is CC(C)(C)OC(=O)COc1ccc(C(C)(C)C)c(F)c1. The highest BCUT2D eigenvalue weighted by Crippen LogP contribution is 2.27. The van der Waals surface area contributed by atoms with Crippen molar-refractivity contribution in [3.63, 3.8) is 0 Å². The number of benzene rings is 1. The van der Waals surface area contributed by atoms with E-state index in [4.69, 9.17) is 9.47 Å². The summed E-state index contributed by atoms with van der Waals surface area (Å²) in [6.45, 7) is 10.9. The van der Waals surface area contributed by atoms with Gasteiger partial charge in [-0.2, -0.15) is 0 Å². The number of esters is 1. The van der Waals surface area contributed by atoms with Crippen LogP contribution >= 0.6 is 0 Å². The number of hydrogen-bond donors (Lipinski definition) is 0. The van der Waals surface area contributed by atoms with Gasteiger partial charge < -0.3 is 9.47 Å². The molecule has 20 heavy (non-hydrogen) atoms. The topological polar surface area (TPSA) is 35.5 Å². The third kappa shape index (κ3) is 5.19. The van der Waals surface area contributed by atoms with Gasteiger partial charge in [-0.05, 0) is 37.8 Å². The molecule has 0 aliphatic heterocycles. The van der Waals surface area contributed by atoms with E-state index >= 15 is 0 Å². The molecule has 0 bridgehead atoms.